The molecule has 0 heterocycles. The van der Waals surface area contributed by atoms with E-state index >= 15 is 0 Å². The lowest BCUT2D eigenvalue weighted by molar-refractivity contribution is -0.131. The molecular weight excluding hydrogens is 222 g/mol. The summed E-state index contributed by atoms with van der Waals surface area (Å²) >= 11 is 0. The zero-order valence-corrected chi connectivity index (χ0v) is 9.01. The van der Waals surface area contributed by atoms with Gasteiger partial charge in [0.1, 0.15) is 5.75 Å². The van der Waals surface area contributed by atoms with Crippen LogP contribution in [0.4, 0.5) is 0 Å². The molecule has 0 spiro atoms. The van der Waals surface area contributed by atoms with E-state index in [1.807, 2.05) is 6.07 Å². The van der Waals surface area contributed by atoms with Gasteiger partial charge in [-0.25, -0.2) is 4.79 Å². The third kappa shape index (κ3) is 2.69. The Labute approximate surface area is 97.6 Å². The zero-order valence-electron chi connectivity index (χ0n) is 9.01. The van der Waals surface area contributed by atoms with Gasteiger partial charge in [-0.3, -0.25) is 4.79 Å². The third-order valence-corrected chi connectivity index (χ3v) is 2.10. The van der Waals surface area contributed by atoms with E-state index in [0.29, 0.717) is 12.0 Å². The van der Waals surface area contributed by atoms with Crippen molar-refractivity contribution in [2.75, 3.05) is 7.11 Å². The molecular formula is C12H9NO4. The highest BCUT2D eigenvalue weighted by Crippen LogP contribution is 2.24. The monoisotopic (exact) mass is 231 g/mol. The SMILES string of the molecule is COc1ccc(C#N)c(/C=C/C(=O)O)c1C=O. The number of aliphatic carboxylic acids is 1. The first-order valence-electron chi connectivity index (χ1n) is 4.61. The Kier molecular flexibility index (Phi) is 4.01. The van der Waals surface area contributed by atoms with Crippen LogP contribution in [-0.2, 0) is 4.79 Å². The van der Waals surface area contributed by atoms with Crippen LogP contribution in [0.3, 0.4) is 0 Å². The highest BCUT2D eigenvalue weighted by Gasteiger charge is 2.11. The summed E-state index contributed by atoms with van der Waals surface area (Å²) in [5.41, 5.74) is 0.610. The van der Waals surface area contributed by atoms with Crippen LogP contribution in [0.2, 0.25) is 0 Å². The first kappa shape index (κ1) is 12.5. The van der Waals surface area contributed by atoms with E-state index in [1.54, 1.807) is 0 Å². The number of nitriles is 1. The first-order chi connectivity index (χ1) is 8.13. The van der Waals surface area contributed by atoms with Gasteiger partial charge in [-0.05, 0) is 18.2 Å². The second-order valence-corrected chi connectivity index (χ2v) is 3.04. The molecule has 17 heavy (non-hydrogen) atoms. The molecule has 0 aromatic heterocycles. The molecule has 1 N–H and O–H groups in total. The van der Waals surface area contributed by atoms with Gasteiger partial charge in [0.25, 0.3) is 0 Å². The van der Waals surface area contributed by atoms with Crippen molar-refractivity contribution >= 4 is 18.3 Å². The van der Waals surface area contributed by atoms with Crippen molar-refractivity contribution in [3.05, 3.63) is 34.9 Å². The van der Waals surface area contributed by atoms with Gasteiger partial charge in [-0.1, -0.05) is 0 Å². The molecule has 0 aliphatic rings. The highest BCUT2D eigenvalue weighted by molar-refractivity contribution is 5.92. The molecule has 0 aliphatic carbocycles. The van der Waals surface area contributed by atoms with Crippen molar-refractivity contribution in [2.45, 2.75) is 0 Å². The van der Waals surface area contributed by atoms with Gasteiger partial charge in [0.15, 0.2) is 6.29 Å². The Bertz CT molecular complexity index is 526. The molecule has 1 rings (SSSR count). The molecule has 0 bridgehead atoms. The lowest BCUT2D eigenvalue weighted by atomic mass is 10.0. The minimum Gasteiger partial charge on any atom is -0.496 e. The van der Waals surface area contributed by atoms with Gasteiger partial charge in [-0.2, -0.15) is 5.26 Å². The van der Waals surface area contributed by atoms with Crippen LogP contribution in [0, 0.1) is 11.3 Å². The second kappa shape index (κ2) is 5.47. The molecule has 0 aliphatic heterocycles. The number of carboxylic acid groups (broad SMARTS) is 1. The van der Waals surface area contributed by atoms with Crippen LogP contribution < -0.4 is 4.74 Å². The van der Waals surface area contributed by atoms with E-state index < -0.39 is 5.97 Å². The number of nitrogens with zero attached hydrogens (tertiary/aromatic N) is 1. The van der Waals surface area contributed by atoms with E-state index in [-0.39, 0.29) is 16.7 Å². The number of hydrogen-bond donors (Lipinski definition) is 1. The van der Waals surface area contributed by atoms with Gasteiger partial charge in [-0.15, -0.1) is 0 Å². The topological polar surface area (TPSA) is 87.4 Å². The molecule has 1 aromatic rings. The molecule has 0 saturated heterocycles. The van der Waals surface area contributed by atoms with E-state index in [9.17, 15) is 9.59 Å². The van der Waals surface area contributed by atoms with Crippen molar-refractivity contribution < 1.29 is 19.4 Å². The minimum absolute atomic E-state index is 0.157. The van der Waals surface area contributed by atoms with Crippen molar-refractivity contribution in [1.29, 1.82) is 5.26 Å². The smallest absolute Gasteiger partial charge is 0.328 e. The van der Waals surface area contributed by atoms with Gasteiger partial charge >= 0.3 is 5.97 Å². The third-order valence-electron chi connectivity index (χ3n) is 2.10. The number of ether oxygens (including phenoxy) is 1. The largest absolute Gasteiger partial charge is 0.496 e. The summed E-state index contributed by atoms with van der Waals surface area (Å²) in [6.07, 6.45) is 2.59. The van der Waals surface area contributed by atoms with Gasteiger partial charge in [0.05, 0.1) is 24.3 Å². The number of carbonyl (C=O) groups excluding carboxylic acids is 1. The lowest BCUT2D eigenvalue weighted by Crippen LogP contribution is -1.97. The molecule has 0 radical (unpaired) electrons. The van der Waals surface area contributed by atoms with E-state index in [2.05, 4.69) is 0 Å². The Balaban J connectivity index is 3.46. The Morgan fingerprint density at radius 2 is 2.18 bits per heavy atom. The molecule has 1 aromatic carbocycles. The Morgan fingerprint density at radius 3 is 2.65 bits per heavy atom. The maximum Gasteiger partial charge on any atom is 0.328 e. The van der Waals surface area contributed by atoms with E-state index in [4.69, 9.17) is 15.1 Å². The number of rotatable bonds is 4. The summed E-state index contributed by atoms with van der Waals surface area (Å²) in [4.78, 5) is 21.4. The van der Waals surface area contributed by atoms with Crippen LogP contribution in [0.1, 0.15) is 21.5 Å². The van der Waals surface area contributed by atoms with Crippen molar-refractivity contribution in [2.24, 2.45) is 0 Å². The summed E-state index contributed by atoms with van der Waals surface area (Å²) in [5, 5.41) is 17.4. The van der Waals surface area contributed by atoms with Crippen LogP contribution >= 0.6 is 0 Å². The molecule has 0 amide bonds. The fourth-order valence-electron chi connectivity index (χ4n) is 1.35. The number of aldehydes is 1. The first-order valence-corrected chi connectivity index (χ1v) is 4.61. The molecule has 5 nitrogen and oxygen atoms in total. The maximum atomic E-state index is 10.9. The predicted octanol–water partition coefficient (Wildman–Crippen LogP) is 1.48. The number of benzene rings is 1. The Morgan fingerprint density at radius 1 is 1.47 bits per heavy atom. The molecule has 0 fully saturated rings. The van der Waals surface area contributed by atoms with Crippen LogP contribution in [0.25, 0.3) is 6.08 Å². The standard InChI is InChI=1S/C12H9NO4/c1-17-11-4-2-8(6-13)9(10(11)7-14)3-5-12(15)16/h2-5,7H,1H3,(H,15,16)/b5-3+. The molecule has 0 atom stereocenters. The van der Waals surface area contributed by atoms with Gasteiger partial charge in [0.2, 0.25) is 0 Å². The fourth-order valence-corrected chi connectivity index (χ4v) is 1.35. The van der Waals surface area contributed by atoms with E-state index in [0.717, 1.165) is 6.08 Å². The second-order valence-electron chi connectivity index (χ2n) is 3.04. The summed E-state index contributed by atoms with van der Waals surface area (Å²) in [6.45, 7) is 0. The van der Waals surface area contributed by atoms with Crippen LogP contribution in [0.15, 0.2) is 18.2 Å². The highest BCUT2D eigenvalue weighted by atomic mass is 16.5. The molecule has 0 unspecified atom stereocenters. The van der Waals surface area contributed by atoms with Crippen molar-refractivity contribution in [1.82, 2.24) is 0 Å². The average molecular weight is 231 g/mol. The van der Waals surface area contributed by atoms with E-state index in [1.165, 1.54) is 25.3 Å². The van der Waals surface area contributed by atoms with Gasteiger partial charge in [0, 0.05) is 11.6 Å². The van der Waals surface area contributed by atoms with Crippen molar-refractivity contribution in [3.63, 3.8) is 0 Å². The molecule has 5 heteroatoms. The number of methoxy groups -OCH3 is 1. The summed E-state index contributed by atoms with van der Waals surface area (Å²) < 4.78 is 4.96. The van der Waals surface area contributed by atoms with Crippen molar-refractivity contribution in [3.8, 4) is 11.8 Å². The number of carbonyl (C=O) groups is 2. The summed E-state index contributed by atoms with van der Waals surface area (Å²) in [6, 6.07) is 4.84. The Hall–Kier alpha value is -2.61. The zero-order chi connectivity index (χ0) is 12.8. The summed E-state index contributed by atoms with van der Waals surface area (Å²) in [5.74, 6) is -0.863. The lowest BCUT2D eigenvalue weighted by Gasteiger charge is -2.07. The normalized spacial score (nSPS) is 9.88. The summed E-state index contributed by atoms with van der Waals surface area (Å²) in [7, 11) is 1.39. The molecule has 0 saturated carbocycles. The predicted molar refractivity (Wildman–Crippen MR) is 59.8 cm³/mol. The van der Waals surface area contributed by atoms with Crippen LogP contribution in [-0.4, -0.2) is 24.5 Å². The maximum absolute atomic E-state index is 10.9. The molecule has 86 valence electrons. The quantitative estimate of drug-likeness (QED) is 0.626. The van der Waals surface area contributed by atoms with Gasteiger partial charge < -0.3 is 9.84 Å². The fraction of sp³-hybridized carbons (Fsp3) is 0.0833. The van der Waals surface area contributed by atoms with Crippen LogP contribution in [0.5, 0.6) is 5.75 Å². The minimum atomic E-state index is -1.16. The average Bonchev–Trinajstić information content (AvgIpc) is 2.34. The number of carboxylic acids is 1. The number of hydrogen-bond acceptors (Lipinski definition) is 4.